The summed E-state index contributed by atoms with van der Waals surface area (Å²) in [5.41, 5.74) is 2.97. The molecule has 0 amide bonds. The summed E-state index contributed by atoms with van der Waals surface area (Å²) < 4.78 is 0. The van der Waals surface area contributed by atoms with Crippen molar-refractivity contribution in [1.82, 2.24) is 0 Å². The van der Waals surface area contributed by atoms with Crippen LogP contribution in [-0.2, 0) is 5.41 Å². The third-order valence-electron chi connectivity index (χ3n) is 3.73. The van der Waals surface area contributed by atoms with Gasteiger partial charge in [0.2, 0.25) is 0 Å². The molecule has 1 aromatic rings. The maximum absolute atomic E-state index is 9.30. The summed E-state index contributed by atoms with van der Waals surface area (Å²) in [7, 11) is 0. The maximum Gasteiger partial charge on any atom is 0.0527 e. The maximum atomic E-state index is 9.30. The van der Waals surface area contributed by atoms with Crippen LogP contribution in [0.15, 0.2) is 24.3 Å². The second-order valence-electron chi connectivity index (χ2n) is 4.83. The monoisotopic (exact) mass is 188 g/mol. The highest BCUT2D eigenvalue weighted by Crippen LogP contribution is 2.48. The molecule has 0 unspecified atom stereocenters. The lowest BCUT2D eigenvalue weighted by Crippen LogP contribution is -2.11. The first-order valence-electron chi connectivity index (χ1n) is 5.55. The minimum atomic E-state index is 0.141. The van der Waals surface area contributed by atoms with Crippen LogP contribution >= 0.6 is 0 Å². The highest BCUT2D eigenvalue weighted by molar-refractivity contribution is 5.35. The average Bonchev–Trinajstić information content (AvgIpc) is 3.12. The number of benzene rings is 1. The predicted octanol–water partition coefficient (Wildman–Crippen LogP) is 2.59. The van der Waals surface area contributed by atoms with Crippen molar-refractivity contribution in [3.8, 4) is 0 Å². The standard InChI is InChI=1S/C13H16O/c14-9-13(7-8-13)12-5-3-11(4-6-12)10-1-2-10/h3-6,10,14H,1-2,7-9H2. The minimum Gasteiger partial charge on any atom is -0.395 e. The van der Waals surface area contributed by atoms with Crippen LogP contribution in [0.2, 0.25) is 0 Å². The van der Waals surface area contributed by atoms with Crippen molar-refractivity contribution in [1.29, 1.82) is 0 Å². The minimum absolute atomic E-state index is 0.141. The summed E-state index contributed by atoms with van der Waals surface area (Å²) >= 11 is 0. The Morgan fingerprint density at radius 1 is 1.14 bits per heavy atom. The molecule has 2 saturated carbocycles. The lowest BCUT2D eigenvalue weighted by atomic mass is 9.95. The van der Waals surface area contributed by atoms with E-state index in [1.165, 1.54) is 24.0 Å². The molecule has 0 radical (unpaired) electrons. The van der Waals surface area contributed by atoms with E-state index in [-0.39, 0.29) is 5.41 Å². The Morgan fingerprint density at radius 3 is 2.21 bits per heavy atom. The molecule has 1 N–H and O–H groups in total. The van der Waals surface area contributed by atoms with Crippen molar-refractivity contribution in [3.05, 3.63) is 35.4 Å². The van der Waals surface area contributed by atoms with Crippen molar-refractivity contribution in [3.63, 3.8) is 0 Å². The van der Waals surface area contributed by atoms with E-state index in [0.717, 1.165) is 18.8 Å². The molecule has 2 aliphatic rings. The van der Waals surface area contributed by atoms with Gasteiger partial charge in [-0.2, -0.15) is 0 Å². The molecule has 0 spiro atoms. The van der Waals surface area contributed by atoms with Crippen LogP contribution in [0.25, 0.3) is 0 Å². The third-order valence-corrected chi connectivity index (χ3v) is 3.73. The molecule has 0 heterocycles. The molecular weight excluding hydrogens is 172 g/mol. The van der Waals surface area contributed by atoms with Gasteiger partial charge in [0.15, 0.2) is 0 Å². The first-order chi connectivity index (χ1) is 6.84. The summed E-state index contributed by atoms with van der Waals surface area (Å²) in [5.74, 6) is 0.841. The second-order valence-corrected chi connectivity index (χ2v) is 4.83. The van der Waals surface area contributed by atoms with Crippen molar-refractivity contribution < 1.29 is 5.11 Å². The Kier molecular flexibility index (Phi) is 1.72. The first-order valence-corrected chi connectivity index (χ1v) is 5.55. The summed E-state index contributed by atoms with van der Waals surface area (Å²) in [6, 6.07) is 8.94. The van der Waals surface area contributed by atoms with Gasteiger partial charge in [0.1, 0.15) is 0 Å². The molecule has 0 saturated heterocycles. The fraction of sp³-hybridized carbons (Fsp3) is 0.538. The van der Waals surface area contributed by atoms with E-state index in [0.29, 0.717) is 6.61 Å². The molecule has 0 aromatic heterocycles. The van der Waals surface area contributed by atoms with Crippen LogP contribution in [0.1, 0.15) is 42.7 Å². The molecule has 0 aliphatic heterocycles. The van der Waals surface area contributed by atoms with Gasteiger partial charge in [0.25, 0.3) is 0 Å². The van der Waals surface area contributed by atoms with Gasteiger partial charge in [-0.25, -0.2) is 0 Å². The normalized spacial score (nSPS) is 23.5. The molecule has 1 nitrogen and oxygen atoms in total. The lowest BCUT2D eigenvalue weighted by molar-refractivity contribution is 0.255. The summed E-state index contributed by atoms with van der Waals surface area (Å²) in [5, 5.41) is 9.30. The Balaban J connectivity index is 1.86. The first kappa shape index (κ1) is 8.49. The Hall–Kier alpha value is -0.820. The van der Waals surface area contributed by atoms with Crippen LogP contribution in [0.3, 0.4) is 0 Å². The Morgan fingerprint density at radius 2 is 1.79 bits per heavy atom. The van der Waals surface area contributed by atoms with E-state index in [1.807, 2.05) is 0 Å². The number of hydrogen-bond donors (Lipinski definition) is 1. The van der Waals surface area contributed by atoms with E-state index in [4.69, 9.17) is 0 Å². The zero-order valence-electron chi connectivity index (χ0n) is 8.37. The zero-order chi connectivity index (χ0) is 9.60. The molecular formula is C13H16O. The number of rotatable bonds is 3. The number of aliphatic hydroxyl groups excluding tert-OH is 1. The summed E-state index contributed by atoms with van der Waals surface area (Å²) in [6.45, 7) is 0.315. The van der Waals surface area contributed by atoms with Gasteiger partial charge >= 0.3 is 0 Å². The number of hydrogen-bond acceptors (Lipinski definition) is 1. The molecule has 2 aliphatic carbocycles. The van der Waals surface area contributed by atoms with E-state index in [9.17, 15) is 5.11 Å². The molecule has 0 atom stereocenters. The molecule has 0 bridgehead atoms. The zero-order valence-corrected chi connectivity index (χ0v) is 8.37. The van der Waals surface area contributed by atoms with Gasteiger partial charge in [-0.05, 0) is 42.7 Å². The Labute approximate surface area is 84.8 Å². The fourth-order valence-corrected chi connectivity index (χ4v) is 2.21. The van der Waals surface area contributed by atoms with Crippen LogP contribution in [0.5, 0.6) is 0 Å². The van der Waals surface area contributed by atoms with Crippen molar-refractivity contribution in [2.75, 3.05) is 6.61 Å². The molecule has 74 valence electrons. The van der Waals surface area contributed by atoms with Gasteiger partial charge < -0.3 is 5.11 Å². The molecule has 14 heavy (non-hydrogen) atoms. The number of aliphatic hydroxyl groups is 1. The third kappa shape index (κ3) is 1.27. The van der Waals surface area contributed by atoms with Crippen molar-refractivity contribution in [2.45, 2.75) is 37.0 Å². The largest absolute Gasteiger partial charge is 0.395 e. The fourth-order valence-electron chi connectivity index (χ4n) is 2.21. The summed E-state index contributed by atoms with van der Waals surface area (Å²) in [4.78, 5) is 0. The molecule has 1 heteroatoms. The molecule has 2 fully saturated rings. The van der Waals surface area contributed by atoms with Crippen molar-refractivity contribution in [2.24, 2.45) is 0 Å². The topological polar surface area (TPSA) is 20.2 Å². The molecule has 3 rings (SSSR count). The van der Waals surface area contributed by atoms with E-state index in [1.54, 1.807) is 0 Å². The smallest absolute Gasteiger partial charge is 0.0527 e. The van der Waals surface area contributed by atoms with Gasteiger partial charge in [-0.1, -0.05) is 24.3 Å². The van der Waals surface area contributed by atoms with Crippen LogP contribution < -0.4 is 0 Å². The second kappa shape index (κ2) is 2.83. The molecule has 1 aromatic carbocycles. The van der Waals surface area contributed by atoms with Gasteiger partial charge in [-0.3, -0.25) is 0 Å². The van der Waals surface area contributed by atoms with E-state index >= 15 is 0 Å². The highest BCUT2D eigenvalue weighted by atomic mass is 16.3. The Bertz CT molecular complexity index is 331. The average molecular weight is 188 g/mol. The summed E-state index contributed by atoms with van der Waals surface area (Å²) in [6.07, 6.45) is 5.05. The van der Waals surface area contributed by atoms with Gasteiger partial charge in [0.05, 0.1) is 6.61 Å². The van der Waals surface area contributed by atoms with Crippen molar-refractivity contribution >= 4 is 0 Å². The van der Waals surface area contributed by atoms with Gasteiger partial charge in [0, 0.05) is 5.41 Å². The quantitative estimate of drug-likeness (QED) is 0.773. The lowest BCUT2D eigenvalue weighted by Gasteiger charge is -2.12. The van der Waals surface area contributed by atoms with Crippen LogP contribution in [-0.4, -0.2) is 11.7 Å². The van der Waals surface area contributed by atoms with E-state index in [2.05, 4.69) is 24.3 Å². The van der Waals surface area contributed by atoms with Crippen LogP contribution in [0, 0.1) is 0 Å². The van der Waals surface area contributed by atoms with Gasteiger partial charge in [-0.15, -0.1) is 0 Å². The van der Waals surface area contributed by atoms with Crippen LogP contribution in [0.4, 0.5) is 0 Å². The van der Waals surface area contributed by atoms with E-state index < -0.39 is 0 Å². The highest BCUT2D eigenvalue weighted by Gasteiger charge is 2.43. The predicted molar refractivity (Wildman–Crippen MR) is 56.4 cm³/mol. The SMILES string of the molecule is OCC1(c2ccc(C3CC3)cc2)CC1.